The van der Waals surface area contributed by atoms with E-state index in [0.717, 1.165) is 6.42 Å². The molecule has 2 aliphatic carbocycles. The van der Waals surface area contributed by atoms with Crippen LogP contribution in [0.4, 0.5) is 0 Å². The average molecular weight is 777 g/mol. The van der Waals surface area contributed by atoms with E-state index in [1.807, 2.05) is 0 Å². The van der Waals surface area contributed by atoms with Crippen LogP contribution in [0.3, 0.4) is 0 Å². The average Bonchev–Trinajstić information content (AvgIpc) is 3.58. The molecule has 0 saturated carbocycles. The van der Waals surface area contributed by atoms with Crippen molar-refractivity contribution < 1.29 is 18.6 Å². The first-order chi connectivity index (χ1) is 19.0. The molecule has 4 heteroatoms. The van der Waals surface area contributed by atoms with Crippen molar-refractivity contribution in [1.29, 1.82) is 0 Å². The van der Waals surface area contributed by atoms with Gasteiger partial charge in [-0.2, -0.15) is 0 Å². The van der Waals surface area contributed by atoms with Gasteiger partial charge in [0.15, 0.2) is 0 Å². The molecule has 4 aromatic carbocycles. The number of fused-ring (bicyclic) bond motifs is 3. The Morgan fingerprint density at radius 2 is 1.26 bits per heavy atom. The molecule has 0 heterocycles. The molecule has 6 rings (SSSR count). The van der Waals surface area contributed by atoms with E-state index in [4.69, 9.17) is 0 Å². The molecule has 42 heavy (non-hydrogen) atoms. The van der Waals surface area contributed by atoms with Gasteiger partial charge in [0.25, 0.3) is 0 Å². The van der Waals surface area contributed by atoms with Crippen LogP contribution in [-0.2, 0) is 29.4 Å². The second kappa shape index (κ2) is 12.2. The van der Waals surface area contributed by atoms with Crippen molar-refractivity contribution in [2.75, 3.05) is 0 Å². The normalized spacial score (nSPS) is 15.8. The van der Waals surface area contributed by atoms with Crippen LogP contribution >= 0.6 is 24.8 Å². The molecule has 0 aromatic heterocycles. The monoisotopic (exact) mass is 777 g/mol. The molecule has 0 fully saturated rings. The van der Waals surface area contributed by atoms with Crippen molar-refractivity contribution >= 4 is 44.0 Å². The minimum atomic E-state index is -3.60. The number of halogens is 2. The van der Waals surface area contributed by atoms with Crippen LogP contribution < -0.4 is 6.64 Å². The van der Waals surface area contributed by atoms with E-state index >= 15 is 0 Å². The third-order valence-corrected chi connectivity index (χ3v) is 34.5. The van der Waals surface area contributed by atoms with Crippen LogP contribution in [0, 0.1) is 0 Å². The van der Waals surface area contributed by atoms with Gasteiger partial charge in [-0.05, 0) is 0 Å². The van der Waals surface area contributed by atoms with E-state index in [0.29, 0.717) is 3.67 Å². The minimum absolute atomic E-state index is 0. The fourth-order valence-electron chi connectivity index (χ4n) is 6.91. The second-order valence-electron chi connectivity index (χ2n) is 13.7. The Morgan fingerprint density at radius 1 is 0.690 bits per heavy atom. The molecule has 0 N–H and O–H groups in total. The largest absolute Gasteiger partial charge is 0.147 e. The number of hydrogen-bond acceptors (Lipinski definition) is 0. The molecule has 217 valence electrons. The predicted molar refractivity (Wildman–Crippen MR) is 188 cm³/mol. The van der Waals surface area contributed by atoms with E-state index in [1.54, 1.807) is 17.8 Å². The zero-order chi connectivity index (χ0) is 28.3. The predicted octanol–water partition coefficient (Wildman–Crippen LogP) is 8.89. The first-order valence-corrected chi connectivity index (χ1v) is 28.7. The summed E-state index contributed by atoms with van der Waals surface area (Å²) in [5.41, 5.74) is 12.1. The van der Waals surface area contributed by atoms with E-state index in [2.05, 4.69) is 158 Å². The van der Waals surface area contributed by atoms with Crippen molar-refractivity contribution in [3.8, 4) is 11.1 Å². The van der Waals surface area contributed by atoms with E-state index in [-0.39, 0.29) is 35.6 Å². The summed E-state index contributed by atoms with van der Waals surface area (Å²) in [6, 6.07) is 35.5. The maximum absolute atomic E-state index is 3.60. The van der Waals surface area contributed by atoms with E-state index in [9.17, 15) is 0 Å². The van der Waals surface area contributed by atoms with Gasteiger partial charge in [0.05, 0.1) is 0 Å². The Balaban J connectivity index is 0.00000202. The maximum Gasteiger partial charge on any atom is -0.147 e. The van der Waals surface area contributed by atoms with Crippen molar-refractivity contribution in [1.82, 2.24) is 0 Å². The fraction of sp³-hybridized carbons (Fsp3) is 0.263. The van der Waals surface area contributed by atoms with Crippen LogP contribution in [0.15, 0.2) is 109 Å². The van der Waals surface area contributed by atoms with Crippen molar-refractivity contribution in [3.63, 3.8) is 0 Å². The van der Waals surface area contributed by atoms with Gasteiger partial charge >= 0.3 is 248 Å². The van der Waals surface area contributed by atoms with Crippen molar-refractivity contribution in [2.24, 2.45) is 0 Å². The Kier molecular flexibility index (Phi) is 9.56. The molecule has 0 saturated heterocycles. The van der Waals surface area contributed by atoms with E-state index in [1.165, 1.54) is 33.4 Å². The molecule has 0 aliphatic heterocycles. The molecule has 0 bridgehead atoms. The van der Waals surface area contributed by atoms with Gasteiger partial charge in [0.1, 0.15) is 0 Å². The maximum atomic E-state index is 2.59. The first kappa shape index (κ1) is 32.9. The quantitative estimate of drug-likeness (QED) is 0.182. The summed E-state index contributed by atoms with van der Waals surface area (Å²) >= 11 is -3.60. The smallest absolute Gasteiger partial charge is 0.147 e. The number of allylic oxidation sites excluding steroid dienone is 4. The van der Waals surface area contributed by atoms with E-state index < -0.39 is 18.6 Å². The van der Waals surface area contributed by atoms with Gasteiger partial charge in [-0.15, -0.1) is 24.8 Å². The summed E-state index contributed by atoms with van der Waals surface area (Å²) in [6.07, 6.45) is 7.99. The molecular formula is C38H43Cl2HfSi. The molecule has 0 spiro atoms. The summed E-state index contributed by atoms with van der Waals surface area (Å²) in [7, 11) is 0. The number of hydrogen-bond donors (Lipinski definition) is 0. The standard InChI is InChI=1S/C26H29.2C6H5.2ClH.Hf.H2Si/c1-25(2,3)19-11-12-20-18(15-19)16-22-21(20)13-14-23(26(4,5)6)24(22)17-9-7-8-10-17;2*1-2-4-6-5-3-1;;;;/h7-9,11-16H,10H2,1-6H3;2*1-5H;2*1H;;1H2. The third-order valence-electron chi connectivity index (χ3n) is 9.02. The van der Waals surface area contributed by atoms with Crippen LogP contribution in [0.2, 0.25) is 0 Å². The number of benzene rings is 4. The van der Waals surface area contributed by atoms with Crippen LogP contribution in [0.25, 0.3) is 16.7 Å². The van der Waals surface area contributed by atoms with Gasteiger partial charge < -0.3 is 0 Å². The van der Waals surface area contributed by atoms with Crippen LogP contribution in [0.5, 0.6) is 0 Å². The topological polar surface area (TPSA) is 0 Å². The molecule has 1 atom stereocenters. The molecule has 0 amide bonds. The summed E-state index contributed by atoms with van der Waals surface area (Å²) in [6.45, 7) is 16.6. The van der Waals surface area contributed by atoms with Crippen molar-refractivity contribution in [2.45, 2.75) is 62.5 Å². The Morgan fingerprint density at radius 3 is 1.76 bits per heavy atom. The SMILES string of the molecule is CC(C)(C)c1ccc2c(c1)[CH]([Hf](=[SiH2])([c]1ccccc1)[c]1ccccc1)c1c-2ccc(C(C)(C)C)c1C1=CC=CC1.Cl.Cl. The molecule has 2 aliphatic rings. The van der Waals surface area contributed by atoms with Crippen LogP contribution in [-0.4, -0.2) is 6.94 Å². The van der Waals surface area contributed by atoms with Gasteiger partial charge in [0.2, 0.25) is 0 Å². The fourth-order valence-corrected chi connectivity index (χ4v) is 29.1. The molecular weight excluding hydrogens is 734 g/mol. The molecule has 0 nitrogen and oxygen atoms in total. The minimum Gasteiger partial charge on any atom is -0.147 e. The molecule has 0 radical (unpaired) electrons. The van der Waals surface area contributed by atoms with Gasteiger partial charge in [0, 0.05) is 0 Å². The van der Waals surface area contributed by atoms with Gasteiger partial charge in [-0.1, -0.05) is 0 Å². The Labute approximate surface area is 271 Å². The second-order valence-corrected chi connectivity index (χ2v) is 36.0. The summed E-state index contributed by atoms with van der Waals surface area (Å²) in [4.78, 5) is 0. The van der Waals surface area contributed by atoms with Gasteiger partial charge in [-0.25, -0.2) is 0 Å². The number of rotatable bonds is 4. The zero-order valence-corrected chi connectivity index (χ0v) is 32.3. The van der Waals surface area contributed by atoms with Crippen LogP contribution in [0.1, 0.15) is 79.5 Å². The van der Waals surface area contributed by atoms with Crippen molar-refractivity contribution in [3.05, 3.63) is 137 Å². The Bertz CT molecular complexity index is 1660. The Hall–Kier alpha value is -1.97. The zero-order valence-electron chi connectivity index (χ0n) is 25.7. The first-order valence-electron chi connectivity index (χ1n) is 14.7. The summed E-state index contributed by atoms with van der Waals surface area (Å²) in [5.74, 6) is 0. The summed E-state index contributed by atoms with van der Waals surface area (Å²) < 4.78 is 3.59. The third kappa shape index (κ3) is 5.54. The summed E-state index contributed by atoms with van der Waals surface area (Å²) in [5, 5.41) is 0. The molecule has 1 unspecified atom stereocenters. The molecule has 4 aromatic rings. The van der Waals surface area contributed by atoms with Gasteiger partial charge in [-0.3, -0.25) is 0 Å².